The fourth-order valence-electron chi connectivity index (χ4n) is 3.04. The van der Waals surface area contributed by atoms with Crippen LogP contribution in [-0.2, 0) is 16.8 Å². The Balaban J connectivity index is 1.76. The highest BCUT2D eigenvalue weighted by Gasteiger charge is 2.36. The molecule has 2 heterocycles. The maximum atomic E-state index is 12.5. The van der Waals surface area contributed by atoms with E-state index in [0.29, 0.717) is 0 Å². The number of ether oxygens (including phenoxy) is 1. The van der Waals surface area contributed by atoms with E-state index in [-0.39, 0.29) is 48.7 Å². The van der Waals surface area contributed by atoms with Gasteiger partial charge in [0.2, 0.25) is 11.8 Å². The molecule has 0 aliphatic carbocycles. The van der Waals surface area contributed by atoms with E-state index in [2.05, 4.69) is 15.0 Å². The van der Waals surface area contributed by atoms with E-state index in [0.717, 1.165) is 11.1 Å². The van der Waals surface area contributed by atoms with Crippen molar-refractivity contribution in [1.82, 2.24) is 14.9 Å². The Bertz CT molecular complexity index is 947. The van der Waals surface area contributed by atoms with Crippen molar-refractivity contribution in [2.75, 3.05) is 20.3 Å². The molecule has 0 saturated carbocycles. The molecule has 0 fully saturated rings. The first-order chi connectivity index (χ1) is 13.8. The molecule has 0 bridgehead atoms. The van der Waals surface area contributed by atoms with Crippen molar-refractivity contribution in [2.24, 2.45) is 10.7 Å². The van der Waals surface area contributed by atoms with Crippen LogP contribution in [0.3, 0.4) is 0 Å². The molecule has 3 rings (SSSR count). The number of nitrogens with two attached hydrogens (primary N) is 1. The van der Waals surface area contributed by atoms with Crippen LogP contribution >= 0.6 is 0 Å². The molecule has 29 heavy (non-hydrogen) atoms. The normalized spacial score (nSPS) is 19.1. The monoisotopic (exact) mass is 399 g/mol. The maximum Gasteiger partial charge on any atom is 0.232 e. The molecular weight excluding hydrogens is 377 g/mol. The smallest absolute Gasteiger partial charge is 0.232 e. The molecule has 1 amide bonds. The van der Waals surface area contributed by atoms with Crippen LogP contribution in [0.25, 0.3) is 0 Å². The van der Waals surface area contributed by atoms with Gasteiger partial charge in [-0.05, 0) is 18.1 Å². The summed E-state index contributed by atoms with van der Waals surface area (Å²) in [7, 11) is 1.59. The minimum absolute atomic E-state index is 0.107. The summed E-state index contributed by atoms with van der Waals surface area (Å²) in [5.41, 5.74) is 6.83. The third kappa shape index (κ3) is 4.56. The van der Waals surface area contributed by atoms with Gasteiger partial charge in [-0.3, -0.25) is 14.5 Å². The van der Waals surface area contributed by atoms with E-state index < -0.39 is 12.2 Å². The van der Waals surface area contributed by atoms with Crippen molar-refractivity contribution in [3.63, 3.8) is 0 Å². The van der Waals surface area contributed by atoms with Gasteiger partial charge in [0.1, 0.15) is 19.0 Å². The van der Waals surface area contributed by atoms with Crippen LogP contribution in [0.4, 0.5) is 4.39 Å². The molecule has 1 aliphatic rings. The van der Waals surface area contributed by atoms with Gasteiger partial charge in [0, 0.05) is 13.5 Å². The second kappa shape index (κ2) is 8.34. The predicted molar refractivity (Wildman–Crippen MR) is 104 cm³/mol. The molecule has 8 nitrogen and oxygen atoms in total. The van der Waals surface area contributed by atoms with Crippen LogP contribution < -0.4 is 10.5 Å². The maximum absolute atomic E-state index is 12.5. The first-order valence-corrected chi connectivity index (χ1v) is 9.08. The molecular formula is C20H22FN5O3. The number of rotatable bonds is 7. The van der Waals surface area contributed by atoms with Gasteiger partial charge in [-0.2, -0.15) is 0 Å². The summed E-state index contributed by atoms with van der Waals surface area (Å²) in [4.78, 5) is 38.5. The van der Waals surface area contributed by atoms with E-state index in [9.17, 15) is 14.0 Å². The van der Waals surface area contributed by atoms with Crippen molar-refractivity contribution < 1.29 is 18.7 Å². The number of Topliss-reactive ketones (excluding diaryl/α,β-unsaturated/α-hetero) is 1. The average Bonchev–Trinajstić information content (AvgIpc) is 2.71. The van der Waals surface area contributed by atoms with Gasteiger partial charge in [0.25, 0.3) is 0 Å². The Labute approximate surface area is 167 Å². The predicted octanol–water partition coefficient (Wildman–Crippen LogP) is 1.64. The van der Waals surface area contributed by atoms with Crippen LogP contribution in [-0.4, -0.2) is 52.8 Å². The third-order valence-electron chi connectivity index (χ3n) is 4.73. The topological polar surface area (TPSA) is 111 Å². The summed E-state index contributed by atoms with van der Waals surface area (Å²) in [6.07, 6.45) is 2.90. The number of guanidine groups is 1. The summed E-state index contributed by atoms with van der Waals surface area (Å²) in [5, 5.41) is 0. The average molecular weight is 399 g/mol. The lowest BCUT2D eigenvalue weighted by Gasteiger charge is -2.33. The number of carbonyl (C=O) groups excluding carboxylic acids is 2. The van der Waals surface area contributed by atoms with Gasteiger partial charge in [-0.1, -0.05) is 24.3 Å². The van der Waals surface area contributed by atoms with Crippen molar-refractivity contribution in [1.29, 1.82) is 0 Å². The van der Waals surface area contributed by atoms with E-state index in [1.54, 1.807) is 7.05 Å². The van der Waals surface area contributed by atoms with Gasteiger partial charge >= 0.3 is 0 Å². The van der Waals surface area contributed by atoms with E-state index in [1.807, 2.05) is 31.2 Å². The van der Waals surface area contributed by atoms with Crippen molar-refractivity contribution in [3.8, 4) is 5.88 Å². The zero-order valence-electron chi connectivity index (χ0n) is 16.3. The molecule has 9 heteroatoms. The highest BCUT2D eigenvalue weighted by molar-refractivity contribution is 5.99. The minimum Gasteiger partial charge on any atom is -0.474 e. The van der Waals surface area contributed by atoms with Crippen molar-refractivity contribution in [2.45, 2.75) is 25.3 Å². The molecule has 2 N–H and O–H groups in total. The molecule has 0 radical (unpaired) electrons. The molecule has 1 aliphatic heterocycles. The minimum atomic E-state index is -0.790. The second-order valence-electron chi connectivity index (χ2n) is 6.95. The Morgan fingerprint density at radius 3 is 2.79 bits per heavy atom. The SMILES string of the molecule is CN1C(=O)CC(C)(c2cccc(CC(=O)c3cnc(OCCF)cn3)c2)N=C1N. The summed E-state index contributed by atoms with van der Waals surface area (Å²) >= 11 is 0. The highest BCUT2D eigenvalue weighted by atomic mass is 19.1. The van der Waals surface area contributed by atoms with Gasteiger partial charge in [0.05, 0.1) is 24.4 Å². The number of hydrogen-bond acceptors (Lipinski definition) is 7. The van der Waals surface area contributed by atoms with Gasteiger partial charge in [-0.15, -0.1) is 0 Å². The molecule has 0 spiro atoms. The number of ketones is 1. The molecule has 1 unspecified atom stereocenters. The van der Waals surface area contributed by atoms with Gasteiger partial charge < -0.3 is 10.5 Å². The van der Waals surface area contributed by atoms with Crippen LogP contribution in [0.15, 0.2) is 41.7 Å². The summed E-state index contributed by atoms with van der Waals surface area (Å²) < 4.78 is 17.1. The lowest BCUT2D eigenvalue weighted by Crippen LogP contribution is -2.47. The molecule has 0 saturated heterocycles. The van der Waals surface area contributed by atoms with Crippen molar-refractivity contribution >= 4 is 17.6 Å². The van der Waals surface area contributed by atoms with Crippen LogP contribution in [0, 0.1) is 0 Å². The first-order valence-electron chi connectivity index (χ1n) is 9.08. The fourth-order valence-corrected chi connectivity index (χ4v) is 3.04. The van der Waals surface area contributed by atoms with Crippen LogP contribution in [0.2, 0.25) is 0 Å². The van der Waals surface area contributed by atoms with Crippen LogP contribution in [0.1, 0.15) is 35.0 Å². The molecule has 1 aromatic carbocycles. The Morgan fingerprint density at radius 2 is 2.14 bits per heavy atom. The second-order valence-corrected chi connectivity index (χ2v) is 6.95. The number of amides is 1. The van der Waals surface area contributed by atoms with Gasteiger partial charge in [0.15, 0.2) is 11.7 Å². The summed E-state index contributed by atoms with van der Waals surface area (Å²) in [6, 6.07) is 7.34. The van der Waals surface area contributed by atoms with E-state index >= 15 is 0 Å². The molecule has 1 atom stereocenters. The Hall–Kier alpha value is -3.36. The highest BCUT2D eigenvalue weighted by Crippen LogP contribution is 2.33. The quantitative estimate of drug-likeness (QED) is 0.709. The third-order valence-corrected chi connectivity index (χ3v) is 4.73. The Morgan fingerprint density at radius 1 is 1.34 bits per heavy atom. The number of carbonyl (C=O) groups is 2. The molecule has 152 valence electrons. The first kappa shape index (κ1) is 20.4. The lowest BCUT2D eigenvalue weighted by molar-refractivity contribution is -0.128. The van der Waals surface area contributed by atoms with E-state index in [1.165, 1.54) is 17.3 Å². The number of nitrogens with zero attached hydrogens (tertiary/aromatic N) is 4. The molecule has 1 aromatic heterocycles. The zero-order chi connectivity index (χ0) is 21.0. The number of aromatic nitrogens is 2. The largest absolute Gasteiger partial charge is 0.474 e. The fraction of sp³-hybridized carbons (Fsp3) is 0.350. The number of halogens is 1. The van der Waals surface area contributed by atoms with Crippen LogP contribution in [0.5, 0.6) is 5.88 Å². The summed E-state index contributed by atoms with van der Waals surface area (Å²) in [5.74, 6) is -0.0155. The van der Waals surface area contributed by atoms with E-state index in [4.69, 9.17) is 10.5 Å². The number of hydrogen-bond donors (Lipinski definition) is 1. The van der Waals surface area contributed by atoms with Gasteiger partial charge in [-0.25, -0.2) is 19.4 Å². The van der Waals surface area contributed by atoms with Crippen molar-refractivity contribution in [3.05, 3.63) is 53.5 Å². The molecule has 2 aromatic rings. The lowest BCUT2D eigenvalue weighted by atomic mass is 9.86. The number of benzene rings is 1. The number of alkyl halides is 1. The Kier molecular flexibility index (Phi) is 5.86. The number of aliphatic imine (C=N–C) groups is 1. The summed E-state index contributed by atoms with van der Waals surface area (Å²) in [6.45, 7) is 1.10. The zero-order valence-corrected chi connectivity index (χ0v) is 16.3. The standard InChI is InChI=1S/C20H22FN5O3/c1-20(10-18(28)26(2)19(22)25-20)14-5-3-4-13(8-14)9-16(27)15-11-24-17(12-23-15)29-7-6-21/h3-5,8,11-12H,6-7,9-10H2,1-2H3,(H2,22,25).